The van der Waals surface area contributed by atoms with Crippen LogP contribution in [-0.4, -0.2) is 56.2 Å². The second-order valence-electron chi connectivity index (χ2n) is 4.69. The van der Waals surface area contributed by atoms with Crippen molar-refractivity contribution in [2.24, 2.45) is 0 Å². The fraction of sp³-hybridized carbons (Fsp3) is 0.462. The van der Waals surface area contributed by atoms with Crippen molar-refractivity contribution in [1.29, 1.82) is 0 Å². The Bertz CT molecular complexity index is 599. The van der Waals surface area contributed by atoms with Crippen LogP contribution in [0.1, 0.15) is 5.56 Å². The maximum absolute atomic E-state index is 12.1. The fourth-order valence-corrected chi connectivity index (χ4v) is 3.33. The normalized spacial score (nSPS) is 16.3. The SMILES string of the molecule is O=C(O)C(F)(F)F.O=S(=O)(Cc1ccccc1)N1CCNCC1. The molecule has 1 aromatic rings. The molecule has 1 heterocycles. The minimum atomic E-state index is -5.08. The van der Waals surface area contributed by atoms with Gasteiger partial charge in [0.2, 0.25) is 10.0 Å². The van der Waals surface area contributed by atoms with Crippen LogP contribution >= 0.6 is 0 Å². The Kier molecular flexibility index (Phi) is 6.98. The Morgan fingerprint density at radius 2 is 1.65 bits per heavy atom. The molecule has 0 radical (unpaired) electrons. The van der Waals surface area contributed by atoms with Crippen molar-refractivity contribution in [2.45, 2.75) is 11.9 Å². The minimum absolute atomic E-state index is 0.105. The number of carboxylic acid groups (broad SMARTS) is 1. The molecule has 10 heteroatoms. The van der Waals surface area contributed by atoms with Crippen molar-refractivity contribution in [2.75, 3.05) is 26.2 Å². The molecule has 0 bridgehead atoms. The molecule has 1 aromatic carbocycles. The third kappa shape index (κ3) is 6.97. The van der Waals surface area contributed by atoms with Crippen LogP contribution in [0.2, 0.25) is 0 Å². The number of rotatable bonds is 3. The molecule has 1 saturated heterocycles. The molecule has 0 amide bonds. The first kappa shape index (κ1) is 19.4. The molecule has 0 aliphatic carbocycles. The van der Waals surface area contributed by atoms with Crippen molar-refractivity contribution in [1.82, 2.24) is 9.62 Å². The van der Waals surface area contributed by atoms with Crippen LogP contribution in [0.25, 0.3) is 0 Å². The molecule has 0 saturated carbocycles. The zero-order chi connectivity index (χ0) is 17.5. The summed E-state index contributed by atoms with van der Waals surface area (Å²) in [6, 6.07) is 9.31. The van der Waals surface area contributed by atoms with Gasteiger partial charge in [-0.05, 0) is 5.56 Å². The van der Waals surface area contributed by atoms with E-state index < -0.39 is 22.2 Å². The van der Waals surface area contributed by atoms with Gasteiger partial charge in [0.25, 0.3) is 0 Å². The highest BCUT2D eigenvalue weighted by atomic mass is 32.2. The third-order valence-corrected chi connectivity index (χ3v) is 4.75. The van der Waals surface area contributed by atoms with E-state index >= 15 is 0 Å². The molecular weight excluding hydrogens is 337 g/mol. The van der Waals surface area contributed by atoms with Gasteiger partial charge in [-0.1, -0.05) is 30.3 Å². The van der Waals surface area contributed by atoms with Crippen molar-refractivity contribution < 1.29 is 31.5 Å². The summed E-state index contributed by atoms with van der Waals surface area (Å²) < 4.78 is 57.4. The third-order valence-electron chi connectivity index (χ3n) is 2.90. The van der Waals surface area contributed by atoms with Crippen LogP contribution in [0.15, 0.2) is 30.3 Å². The molecule has 130 valence electrons. The van der Waals surface area contributed by atoms with Crippen molar-refractivity contribution >= 4 is 16.0 Å². The number of benzene rings is 1. The van der Waals surface area contributed by atoms with Gasteiger partial charge in [-0.15, -0.1) is 0 Å². The summed E-state index contributed by atoms with van der Waals surface area (Å²) in [6.07, 6.45) is -5.08. The van der Waals surface area contributed by atoms with Crippen LogP contribution in [0, 0.1) is 0 Å². The second kappa shape index (κ2) is 8.27. The summed E-state index contributed by atoms with van der Waals surface area (Å²) in [5.74, 6) is -2.65. The number of aliphatic carboxylic acids is 1. The first-order chi connectivity index (χ1) is 10.6. The Morgan fingerprint density at radius 3 is 2.09 bits per heavy atom. The Balaban J connectivity index is 0.000000322. The summed E-state index contributed by atoms with van der Waals surface area (Å²) in [5, 5.41) is 10.3. The molecule has 0 atom stereocenters. The first-order valence-corrected chi connectivity index (χ1v) is 8.26. The highest BCUT2D eigenvalue weighted by molar-refractivity contribution is 7.88. The van der Waals surface area contributed by atoms with Gasteiger partial charge in [0.05, 0.1) is 5.75 Å². The lowest BCUT2D eigenvalue weighted by molar-refractivity contribution is -0.192. The van der Waals surface area contributed by atoms with E-state index in [0.29, 0.717) is 13.1 Å². The number of carbonyl (C=O) groups is 1. The number of sulfonamides is 1. The van der Waals surface area contributed by atoms with E-state index in [1.54, 1.807) is 4.31 Å². The van der Waals surface area contributed by atoms with Crippen molar-refractivity contribution in [3.63, 3.8) is 0 Å². The van der Waals surface area contributed by atoms with Gasteiger partial charge in [0, 0.05) is 26.2 Å². The highest BCUT2D eigenvalue weighted by Crippen LogP contribution is 2.13. The molecule has 23 heavy (non-hydrogen) atoms. The van der Waals surface area contributed by atoms with Crippen LogP contribution < -0.4 is 5.32 Å². The predicted octanol–water partition coefficient (Wildman–Crippen LogP) is 1.05. The summed E-state index contributed by atoms with van der Waals surface area (Å²) in [7, 11) is -3.14. The Morgan fingerprint density at radius 1 is 1.17 bits per heavy atom. The van der Waals surface area contributed by atoms with Crippen LogP contribution in [0.3, 0.4) is 0 Å². The maximum Gasteiger partial charge on any atom is 0.490 e. The van der Waals surface area contributed by atoms with Gasteiger partial charge in [-0.3, -0.25) is 0 Å². The number of halogens is 3. The van der Waals surface area contributed by atoms with Gasteiger partial charge in [-0.2, -0.15) is 17.5 Å². The summed E-state index contributed by atoms with van der Waals surface area (Å²) in [6.45, 7) is 2.65. The van der Waals surface area contributed by atoms with Crippen LogP contribution in [0.4, 0.5) is 13.2 Å². The topological polar surface area (TPSA) is 86.7 Å². The van der Waals surface area contributed by atoms with E-state index in [4.69, 9.17) is 9.90 Å². The molecule has 1 aliphatic heterocycles. The number of hydrogen-bond donors (Lipinski definition) is 2. The standard InChI is InChI=1S/C11H16N2O2S.C2HF3O2/c14-16(15,13-8-6-12-7-9-13)10-11-4-2-1-3-5-11;3-2(4,5)1(6)7/h1-5,12H,6-10H2;(H,6,7). The minimum Gasteiger partial charge on any atom is -0.475 e. The molecule has 0 unspecified atom stereocenters. The fourth-order valence-electron chi connectivity index (χ4n) is 1.80. The summed E-state index contributed by atoms with van der Waals surface area (Å²) in [5.41, 5.74) is 0.848. The second-order valence-corrected chi connectivity index (χ2v) is 6.66. The van der Waals surface area contributed by atoms with Gasteiger partial charge in [-0.25, -0.2) is 13.2 Å². The molecule has 0 aromatic heterocycles. The number of piperazine rings is 1. The molecule has 6 nitrogen and oxygen atoms in total. The summed E-state index contributed by atoms with van der Waals surface area (Å²) >= 11 is 0. The van der Waals surface area contributed by atoms with Gasteiger partial charge in [0.1, 0.15) is 0 Å². The molecular formula is C13H17F3N2O4S. The van der Waals surface area contributed by atoms with E-state index in [-0.39, 0.29) is 5.75 Å². The quantitative estimate of drug-likeness (QED) is 0.848. The zero-order valence-electron chi connectivity index (χ0n) is 12.1. The lowest BCUT2D eigenvalue weighted by Gasteiger charge is -2.26. The average Bonchev–Trinajstić information content (AvgIpc) is 2.48. The van der Waals surface area contributed by atoms with Gasteiger partial charge < -0.3 is 10.4 Å². The number of nitrogens with one attached hydrogen (secondary N) is 1. The van der Waals surface area contributed by atoms with Crippen LogP contribution in [0.5, 0.6) is 0 Å². The molecule has 2 rings (SSSR count). The number of hydrogen-bond acceptors (Lipinski definition) is 4. The molecule has 1 fully saturated rings. The molecule has 0 spiro atoms. The van der Waals surface area contributed by atoms with E-state index in [1.807, 2.05) is 30.3 Å². The predicted molar refractivity (Wildman–Crippen MR) is 77.2 cm³/mol. The largest absolute Gasteiger partial charge is 0.490 e. The first-order valence-electron chi connectivity index (χ1n) is 6.65. The van der Waals surface area contributed by atoms with Crippen molar-refractivity contribution in [3.8, 4) is 0 Å². The molecule has 1 aliphatic rings. The zero-order valence-corrected chi connectivity index (χ0v) is 12.9. The van der Waals surface area contributed by atoms with Crippen molar-refractivity contribution in [3.05, 3.63) is 35.9 Å². The Hall–Kier alpha value is -1.65. The van der Waals surface area contributed by atoms with E-state index in [0.717, 1.165) is 18.7 Å². The van der Waals surface area contributed by atoms with E-state index in [1.165, 1.54) is 0 Å². The highest BCUT2D eigenvalue weighted by Gasteiger charge is 2.38. The number of carboxylic acids is 1. The average molecular weight is 354 g/mol. The van der Waals surface area contributed by atoms with E-state index in [9.17, 15) is 21.6 Å². The lowest BCUT2D eigenvalue weighted by Crippen LogP contribution is -2.46. The lowest BCUT2D eigenvalue weighted by atomic mass is 10.2. The van der Waals surface area contributed by atoms with E-state index in [2.05, 4.69) is 5.32 Å². The molecule has 2 N–H and O–H groups in total. The van der Waals surface area contributed by atoms with Gasteiger partial charge in [0.15, 0.2) is 0 Å². The Labute approximate surface area is 132 Å². The monoisotopic (exact) mass is 354 g/mol. The number of alkyl halides is 3. The maximum atomic E-state index is 12.1. The van der Waals surface area contributed by atoms with Crippen LogP contribution in [-0.2, 0) is 20.6 Å². The number of nitrogens with zero attached hydrogens (tertiary/aromatic N) is 1. The summed E-state index contributed by atoms with van der Waals surface area (Å²) in [4.78, 5) is 8.90. The smallest absolute Gasteiger partial charge is 0.475 e. The van der Waals surface area contributed by atoms with Gasteiger partial charge >= 0.3 is 12.1 Å².